The number of aryl methyl sites for hydroxylation is 1. The summed E-state index contributed by atoms with van der Waals surface area (Å²) in [6.45, 7) is 2.94. The number of rotatable bonds is 8. The van der Waals surface area contributed by atoms with Crippen LogP contribution in [0.5, 0.6) is 5.75 Å². The van der Waals surface area contributed by atoms with Gasteiger partial charge in [-0.3, -0.25) is 9.59 Å². The number of ketones is 1. The summed E-state index contributed by atoms with van der Waals surface area (Å²) in [4.78, 5) is 27.7. The molecule has 1 unspecified atom stereocenters. The van der Waals surface area contributed by atoms with E-state index in [-0.39, 0.29) is 24.5 Å². The SMILES string of the molecule is COCCN1C(=O)C(=O)/C(=C(\O)c2ccc3ccccc3c2)C1c1ccc(OCc2ccc(C)cc2)cc1. The summed E-state index contributed by atoms with van der Waals surface area (Å²) in [5.74, 6) is -0.901. The summed E-state index contributed by atoms with van der Waals surface area (Å²) in [5, 5.41) is 13.3. The molecule has 1 N–H and O–H groups in total. The fraction of sp³-hybridized carbons (Fsp3) is 0.188. The Hall–Kier alpha value is -4.42. The number of Topliss-reactive ketones (excluding diaryl/α,β-unsaturated/α-hetero) is 1. The van der Waals surface area contributed by atoms with Crippen LogP contribution in [0.15, 0.2) is 96.6 Å². The lowest BCUT2D eigenvalue weighted by Gasteiger charge is -2.25. The minimum atomic E-state index is -0.747. The lowest BCUT2D eigenvalue weighted by Crippen LogP contribution is -2.32. The first-order valence-corrected chi connectivity index (χ1v) is 12.5. The molecular formula is C32H29NO5. The standard InChI is InChI=1S/C32H29NO5/c1-21-7-9-22(10-8-21)20-38-27-15-13-24(14-16-27)29-28(31(35)32(36)33(29)17-18-37-2)30(34)26-12-11-23-5-3-4-6-25(23)19-26/h3-16,19,29,34H,17-18,20H2,1-2H3/b30-28-. The molecule has 4 aromatic rings. The van der Waals surface area contributed by atoms with E-state index in [9.17, 15) is 14.7 Å². The Balaban J connectivity index is 1.49. The average Bonchev–Trinajstić information content (AvgIpc) is 3.20. The van der Waals surface area contributed by atoms with Gasteiger partial charge in [-0.05, 0) is 47.0 Å². The van der Waals surface area contributed by atoms with Crippen LogP contribution in [0.4, 0.5) is 0 Å². The maximum absolute atomic E-state index is 13.2. The van der Waals surface area contributed by atoms with Crippen molar-refractivity contribution < 1.29 is 24.2 Å². The predicted molar refractivity (Wildman–Crippen MR) is 147 cm³/mol. The predicted octanol–water partition coefficient (Wildman–Crippen LogP) is 5.80. The zero-order valence-electron chi connectivity index (χ0n) is 21.4. The number of likely N-dealkylation sites (tertiary alicyclic amines) is 1. The zero-order chi connectivity index (χ0) is 26.6. The number of carbonyl (C=O) groups excluding carboxylic acids is 2. The first kappa shape index (κ1) is 25.2. The maximum atomic E-state index is 13.2. The molecule has 0 bridgehead atoms. The van der Waals surface area contributed by atoms with Crippen LogP contribution in [0.3, 0.4) is 0 Å². The molecule has 1 fully saturated rings. The molecule has 0 aromatic heterocycles. The van der Waals surface area contributed by atoms with Crippen LogP contribution in [0.25, 0.3) is 16.5 Å². The van der Waals surface area contributed by atoms with E-state index in [4.69, 9.17) is 9.47 Å². The van der Waals surface area contributed by atoms with E-state index < -0.39 is 17.7 Å². The minimum Gasteiger partial charge on any atom is -0.507 e. The van der Waals surface area contributed by atoms with Crippen LogP contribution in [0.1, 0.15) is 28.3 Å². The van der Waals surface area contributed by atoms with Crippen LogP contribution < -0.4 is 4.74 Å². The van der Waals surface area contributed by atoms with Crippen molar-refractivity contribution in [3.63, 3.8) is 0 Å². The van der Waals surface area contributed by atoms with E-state index in [0.29, 0.717) is 23.5 Å². The average molecular weight is 508 g/mol. The number of aliphatic hydroxyl groups is 1. The van der Waals surface area contributed by atoms with Gasteiger partial charge in [0.15, 0.2) is 0 Å². The molecule has 38 heavy (non-hydrogen) atoms. The molecule has 1 saturated heterocycles. The second-order valence-corrected chi connectivity index (χ2v) is 9.39. The third kappa shape index (κ3) is 5.04. The summed E-state index contributed by atoms with van der Waals surface area (Å²) in [6.07, 6.45) is 0. The highest BCUT2D eigenvalue weighted by Crippen LogP contribution is 2.40. The van der Waals surface area contributed by atoms with Crippen LogP contribution >= 0.6 is 0 Å². The van der Waals surface area contributed by atoms with Crippen molar-refractivity contribution in [2.45, 2.75) is 19.6 Å². The lowest BCUT2D eigenvalue weighted by molar-refractivity contribution is -0.140. The molecule has 1 amide bonds. The smallest absolute Gasteiger partial charge is 0.295 e. The molecular weight excluding hydrogens is 478 g/mol. The molecule has 1 aliphatic rings. The summed E-state index contributed by atoms with van der Waals surface area (Å²) in [6, 6.07) is 27.9. The molecule has 1 aliphatic heterocycles. The molecule has 192 valence electrons. The van der Waals surface area contributed by atoms with Crippen molar-refractivity contribution in [1.29, 1.82) is 0 Å². The fourth-order valence-electron chi connectivity index (χ4n) is 4.74. The number of fused-ring (bicyclic) bond motifs is 1. The Kier molecular flexibility index (Phi) is 7.24. The van der Waals surface area contributed by atoms with Gasteiger partial charge in [-0.2, -0.15) is 0 Å². The zero-order valence-corrected chi connectivity index (χ0v) is 21.4. The van der Waals surface area contributed by atoms with Crippen molar-refractivity contribution in [1.82, 2.24) is 4.90 Å². The molecule has 0 saturated carbocycles. The summed E-state index contributed by atoms with van der Waals surface area (Å²) in [5.41, 5.74) is 3.49. The second kappa shape index (κ2) is 10.9. The van der Waals surface area contributed by atoms with Gasteiger partial charge in [0.25, 0.3) is 11.7 Å². The first-order chi connectivity index (χ1) is 18.5. The van der Waals surface area contributed by atoms with Gasteiger partial charge in [-0.25, -0.2) is 0 Å². The van der Waals surface area contributed by atoms with E-state index in [1.165, 1.54) is 10.5 Å². The number of hydrogen-bond donors (Lipinski definition) is 1. The Morgan fingerprint density at radius 3 is 2.32 bits per heavy atom. The Morgan fingerprint density at radius 1 is 0.895 bits per heavy atom. The molecule has 6 nitrogen and oxygen atoms in total. The third-order valence-corrected chi connectivity index (χ3v) is 6.82. The number of methoxy groups -OCH3 is 1. The van der Waals surface area contributed by atoms with E-state index in [1.54, 1.807) is 13.2 Å². The topological polar surface area (TPSA) is 76.1 Å². The normalized spacial score (nSPS) is 16.8. The van der Waals surface area contributed by atoms with E-state index >= 15 is 0 Å². The van der Waals surface area contributed by atoms with Gasteiger partial charge >= 0.3 is 0 Å². The first-order valence-electron chi connectivity index (χ1n) is 12.5. The lowest BCUT2D eigenvalue weighted by atomic mass is 9.94. The van der Waals surface area contributed by atoms with Crippen LogP contribution in [-0.2, 0) is 20.9 Å². The van der Waals surface area contributed by atoms with Gasteiger partial charge in [-0.1, -0.05) is 78.4 Å². The molecule has 1 atom stereocenters. The summed E-state index contributed by atoms with van der Waals surface area (Å²) < 4.78 is 11.1. The van der Waals surface area contributed by atoms with Gasteiger partial charge in [0, 0.05) is 19.2 Å². The van der Waals surface area contributed by atoms with Crippen molar-refractivity contribution in [2.75, 3.05) is 20.3 Å². The van der Waals surface area contributed by atoms with Crippen LogP contribution in [-0.4, -0.2) is 42.0 Å². The molecule has 0 spiro atoms. The highest BCUT2D eigenvalue weighted by molar-refractivity contribution is 6.46. The van der Waals surface area contributed by atoms with E-state index in [0.717, 1.165) is 16.3 Å². The van der Waals surface area contributed by atoms with Crippen molar-refractivity contribution >= 4 is 28.2 Å². The van der Waals surface area contributed by atoms with Gasteiger partial charge in [0.2, 0.25) is 0 Å². The summed E-state index contributed by atoms with van der Waals surface area (Å²) >= 11 is 0. The summed E-state index contributed by atoms with van der Waals surface area (Å²) in [7, 11) is 1.54. The van der Waals surface area contributed by atoms with E-state index in [2.05, 4.69) is 0 Å². The minimum absolute atomic E-state index is 0.0645. The number of aliphatic hydroxyl groups excluding tert-OH is 1. The number of nitrogens with zero attached hydrogens (tertiary/aromatic N) is 1. The monoisotopic (exact) mass is 507 g/mol. The Morgan fingerprint density at radius 2 is 1.61 bits per heavy atom. The Bertz CT molecular complexity index is 1510. The highest BCUT2D eigenvalue weighted by Gasteiger charge is 2.45. The second-order valence-electron chi connectivity index (χ2n) is 9.39. The number of carbonyl (C=O) groups is 2. The Labute approximate surface area is 221 Å². The number of amides is 1. The molecule has 6 heteroatoms. The third-order valence-electron chi connectivity index (χ3n) is 6.82. The van der Waals surface area contributed by atoms with Crippen molar-refractivity contribution in [2.24, 2.45) is 0 Å². The number of benzene rings is 4. The molecule has 1 heterocycles. The molecule has 5 rings (SSSR count). The van der Waals surface area contributed by atoms with Crippen molar-refractivity contribution in [3.05, 3.63) is 119 Å². The van der Waals surface area contributed by atoms with E-state index in [1.807, 2.05) is 91.9 Å². The molecule has 4 aromatic carbocycles. The highest BCUT2D eigenvalue weighted by atomic mass is 16.5. The van der Waals surface area contributed by atoms with Gasteiger partial charge in [0.05, 0.1) is 18.2 Å². The van der Waals surface area contributed by atoms with Crippen molar-refractivity contribution in [3.8, 4) is 5.75 Å². The van der Waals surface area contributed by atoms with Crippen LogP contribution in [0.2, 0.25) is 0 Å². The van der Waals surface area contributed by atoms with Gasteiger partial charge < -0.3 is 19.5 Å². The fourth-order valence-corrected chi connectivity index (χ4v) is 4.74. The molecule has 0 radical (unpaired) electrons. The largest absolute Gasteiger partial charge is 0.507 e. The van der Waals surface area contributed by atoms with Crippen LogP contribution in [0, 0.1) is 6.92 Å². The number of ether oxygens (including phenoxy) is 2. The molecule has 0 aliphatic carbocycles. The van der Waals surface area contributed by atoms with Gasteiger partial charge in [-0.15, -0.1) is 0 Å². The quantitative estimate of drug-likeness (QED) is 0.185. The maximum Gasteiger partial charge on any atom is 0.295 e. The number of hydrogen-bond acceptors (Lipinski definition) is 5. The van der Waals surface area contributed by atoms with Gasteiger partial charge in [0.1, 0.15) is 18.1 Å².